The van der Waals surface area contributed by atoms with Crippen molar-refractivity contribution in [3.05, 3.63) is 17.7 Å². The Hall–Kier alpha value is -1.91. The van der Waals surface area contributed by atoms with Crippen LogP contribution in [-0.2, 0) is 0 Å². The number of nitrogens with two attached hydrogens (primary N) is 1. The van der Waals surface area contributed by atoms with Crippen LogP contribution in [0.25, 0.3) is 0 Å². The fourth-order valence-corrected chi connectivity index (χ4v) is 2.80. The molecule has 3 atom stereocenters. The van der Waals surface area contributed by atoms with Crippen molar-refractivity contribution in [2.75, 3.05) is 12.8 Å². The molecule has 1 fully saturated rings. The molecule has 0 radical (unpaired) electrons. The molecule has 0 saturated heterocycles. The second kappa shape index (κ2) is 6.24. The topological polar surface area (TPSA) is 81.8 Å². The number of methoxy groups -OCH3 is 1. The van der Waals surface area contributed by atoms with E-state index >= 15 is 0 Å². The normalized spacial score (nSPS) is 25.4. The number of aromatic carboxylic acids is 1. The lowest BCUT2D eigenvalue weighted by Gasteiger charge is -2.32. The second-order valence-electron chi connectivity index (χ2n) is 5.90. The number of nitrogen functional groups attached to an aromatic ring is 1. The van der Waals surface area contributed by atoms with Crippen LogP contribution in [0.4, 0.5) is 5.69 Å². The van der Waals surface area contributed by atoms with Gasteiger partial charge in [-0.3, -0.25) is 0 Å². The first-order valence-corrected chi connectivity index (χ1v) is 7.29. The highest BCUT2D eigenvalue weighted by molar-refractivity contribution is 5.94. The van der Waals surface area contributed by atoms with Crippen LogP contribution in [0.3, 0.4) is 0 Å². The van der Waals surface area contributed by atoms with E-state index in [1.54, 1.807) is 0 Å². The van der Waals surface area contributed by atoms with Gasteiger partial charge in [0.15, 0.2) is 11.5 Å². The molecule has 1 aromatic carbocycles. The van der Waals surface area contributed by atoms with Crippen LogP contribution in [-0.4, -0.2) is 24.3 Å². The molecule has 1 aromatic rings. The van der Waals surface area contributed by atoms with E-state index in [-0.39, 0.29) is 17.4 Å². The van der Waals surface area contributed by atoms with Gasteiger partial charge in [0.1, 0.15) is 0 Å². The minimum Gasteiger partial charge on any atom is -0.493 e. The zero-order chi connectivity index (χ0) is 15.6. The molecule has 1 aliphatic carbocycles. The third-order valence-corrected chi connectivity index (χ3v) is 4.41. The zero-order valence-corrected chi connectivity index (χ0v) is 12.8. The van der Waals surface area contributed by atoms with Crippen molar-refractivity contribution in [3.8, 4) is 11.5 Å². The lowest BCUT2D eigenvalue weighted by Crippen LogP contribution is -2.29. The van der Waals surface area contributed by atoms with Crippen molar-refractivity contribution in [1.29, 1.82) is 0 Å². The Morgan fingerprint density at radius 3 is 2.52 bits per heavy atom. The summed E-state index contributed by atoms with van der Waals surface area (Å²) in [5.74, 6) is 1.17. The highest BCUT2D eigenvalue weighted by atomic mass is 16.5. The molecule has 5 nitrogen and oxygen atoms in total. The van der Waals surface area contributed by atoms with E-state index in [4.69, 9.17) is 20.3 Å². The molecule has 2 rings (SSSR count). The van der Waals surface area contributed by atoms with Gasteiger partial charge >= 0.3 is 5.97 Å². The number of carboxylic acid groups (broad SMARTS) is 1. The van der Waals surface area contributed by atoms with E-state index in [2.05, 4.69) is 13.8 Å². The van der Waals surface area contributed by atoms with E-state index in [1.807, 2.05) is 0 Å². The van der Waals surface area contributed by atoms with E-state index in [9.17, 15) is 4.79 Å². The lowest BCUT2D eigenvalue weighted by atomic mass is 9.80. The average Bonchev–Trinajstić information content (AvgIpc) is 2.44. The summed E-state index contributed by atoms with van der Waals surface area (Å²) in [6, 6.07) is 2.97. The summed E-state index contributed by atoms with van der Waals surface area (Å²) < 4.78 is 11.3. The van der Waals surface area contributed by atoms with Crippen LogP contribution in [0.5, 0.6) is 11.5 Å². The molecule has 0 spiro atoms. The van der Waals surface area contributed by atoms with Crippen LogP contribution in [0.2, 0.25) is 0 Å². The summed E-state index contributed by atoms with van der Waals surface area (Å²) in [5, 5.41) is 9.16. The largest absolute Gasteiger partial charge is 0.493 e. The Labute approximate surface area is 125 Å². The Bertz CT molecular complexity index is 529. The van der Waals surface area contributed by atoms with Gasteiger partial charge in [0.2, 0.25) is 0 Å². The fraction of sp³-hybridized carbons (Fsp3) is 0.562. The van der Waals surface area contributed by atoms with Gasteiger partial charge in [0.05, 0.1) is 24.5 Å². The quantitative estimate of drug-likeness (QED) is 0.833. The zero-order valence-electron chi connectivity index (χ0n) is 12.8. The highest BCUT2D eigenvalue weighted by Crippen LogP contribution is 2.37. The predicted molar refractivity (Wildman–Crippen MR) is 81.0 cm³/mol. The molecule has 0 aromatic heterocycles. The molecule has 5 heteroatoms. The van der Waals surface area contributed by atoms with E-state index in [0.29, 0.717) is 23.3 Å². The van der Waals surface area contributed by atoms with Crippen molar-refractivity contribution < 1.29 is 19.4 Å². The number of anilines is 1. The smallest absolute Gasteiger partial charge is 0.337 e. The van der Waals surface area contributed by atoms with Gasteiger partial charge in [-0.25, -0.2) is 4.79 Å². The van der Waals surface area contributed by atoms with Gasteiger partial charge in [-0.1, -0.05) is 13.8 Å². The van der Waals surface area contributed by atoms with Crippen LogP contribution in [0.1, 0.15) is 43.5 Å². The van der Waals surface area contributed by atoms with E-state index in [1.165, 1.54) is 19.2 Å². The number of carboxylic acids is 1. The van der Waals surface area contributed by atoms with Crippen LogP contribution in [0.15, 0.2) is 12.1 Å². The van der Waals surface area contributed by atoms with Crippen molar-refractivity contribution in [3.63, 3.8) is 0 Å². The first-order valence-electron chi connectivity index (χ1n) is 7.29. The molecule has 1 saturated carbocycles. The number of carbonyl (C=O) groups is 1. The monoisotopic (exact) mass is 293 g/mol. The Balaban J connectivity index is 2.22. The number of benzene rings is 1. The molecule has 3 N–H and O–H groups in total. The predicted octanol–water partition coefficient (Wildman–Crippen LogP) is 3.18. The molecule has 0 bridgehead atoms. The number of hydrogen-bond donors (Lipinski definition) is 2. The highest BCUT2D eigenvalue weighted by Gasteiger charge is 2.27. The summed E-state index contributed by atoms with van der Waals surface area (Å²) in [6.45, 7) is 4.48. The van der Waals surface area contributed by atoms with Gasteiger partial charge in [-0.05, 0) is 31.1 Å². The molecule has 3 unspecified atom stereocenters. The lowest BCUT2D eigenvalue weighted by molar-refractivity contribution is 0.0695. The van der Waals surface area contributed by atoms with Crippen molar-refractivity contribution in [2.45, 2.75) is 39.2 Å². The van der Waals surface area contributed by atoms with Crippen molar-refractivity contribution in [2.24, 2.45) is 11.8 Å². The standard InChI is InChI=1S/C16H23NO4/c1-9-4-5-11(6-10(9)2)21-15-7-12(16(18)19)13(17)8-14(15)20-3/h7-11H,4-6,17H2,1-3H3,(H,18,19). The minimum absolute atomic E-state index is 0.0445. The minimum atomic E-state index is -1.06. The molecular weight excluding hydrogens is 270 g/mol. The Morgan fingerprint density at radius 2 is 1.95 bits per heavy atom. The summed E-state index contributed by atoms with van der Waals surface area (Å²) in [7, 11) is 1.52. The van der Waals surface area contributed by atoms with Crippen LogP contribution in [0, 0.1) is 11.8 Å². The van der Waals surface area contributed by atoms with Crippen molar-refractivity contribution >= 4 is 11.7 Å². The fourth-order valence-electron chi connectivity index (χ4n) is 2.80. The Kier molecular flexibility index (Phi) is 4.60. The van der Waals surface area contributed by atoms with E-state index < -0.39 is 5.97 Å². The average molecular weight is 293 g/mol. The Morgan fingerprint density at radius 1 is 1.24 bits per heavy atom. The van der Waals surface area contributed by atoms with Gasteiger partial charge < -0.3 is 20.3 Å². The number of hydrogen-bond acceptors (Lipinski definition) is 4. The summed E-state index contributed by atoms with van der Waals surface area (Å²) in [5.41, 5.74) is 5.95. The van der Waals surface area contributed by atoms with Gasteiger partial charge in [-0.2, -0.15) is 0 Å². The maximum Gasteiger partial charge on any atom is 0.337 e. The second-order valence-corrected chi connectivity index (χ2v) is 5.90. The summed E-state index contributed by atoms with van der Waals surface area (Å²) in [4.78, 5) is 11.2. The first kappa shape index (κ1) is 15.5. The molecule has 21 heavy (non-hydrogen) atoms. The summed E-state index contributed by atoms with van der Waals surface area (Å²) >= 11 is 0. The molecular formula is C16H23NO4. The molecule has 0 aliphatic heterocycles. The van der Waals surface area contributed by atoms with Crippen molar-refractivity contribution in [1.82, 2.24) is 0 Å². The van der Waals surface area contributed by atoms with Crippen LogP contribution >= 0.6 is 0 Å². The third-order valence-electron chi connectivity index (χ3n) is 4.41. The molecule has 116 valence electrons. The SMILES string of the molecule is COc1cc(N)c(C(=O)O)cc1OC1CCC(C)C(C)C1. The van der Waals surface area contributed by atoms with Gasteiger partial charge in [-0.15, -0.1) is 0 Å². The number of ether oxygens (including phenoxy) is 2. The van der Waals surface area contributed by atoms with E-state index in [0.717, 1.165) is 19.3 Å². The first-order chi connectivity index (χ1) is 9.92. The van der Waals surface area contributed by atoms with Crippen LogP contribution < -0.4 is 15.2 Å². The molecule has 0 heterocycles. The molecule has 0 amide bonds. The maximum atomic E-state index is 11.2. The number of rotatable bonds is 4. The third kappa shape index (κ3) is 3.40. The van der Waals surface area contributed by atoms with Gasteiger partial charge in [0.25, 0.3) is 0 Å². The van der Waals surface area contributed by atoms with Gasteiger partial charge in [0, 0.05) is 12.1 Å². The maximum absolute atomic E-state index is 11.2. The summed E-state index contributed by atoms with van der Waals surface area (Å²) in [6.07, 6.45) is 3.16. The molecule has 1 aliphatic rings.